The molecular weight excluding hydrogens is 421 g/mol. The second kappa shape index (κ2) is 7.77. The molecule has 0 fully saturated rings. The Labute approximate surface area is 167 Å². The monoisotopic (exact) mass is 447 g/mol. The second-order valence-electron chi connectivity index (χ2n) is 7.05. The lowest BCUT2D eigenvalue weighted by Gasteiger charge is -2.23. The lowest BCUT2D eigenvalue weighted by atomic mass is 9.91. The minimum Gasteiger partial charge on any atom is -0.355 e. The van der Waals surface area contributed by atoms with Gasteiger partial charge in [0, 0.05) is 6.54 Å². The zero-order valence-corrected chi connectivity index (χ0v) is 17.2. The van der Waals surface area contributed by atoms with Crippen molar-refractivity contribution in [2.75, 3.05) is 13.1 Å². The fourth-order valence-electron chi connectivity index (χ4n) is 3.75. The number of guanidine groups is 1. The van der Waals surface area contributed by atoms with Gasteiger partial charge in [0.2, 0.25) is 0 Å². The van der Waals surface area contributed by atoms with Crippen molar-refractivity contribution in [2.24, 2.45) is 4.99 Å². The molecule has 3 nitrogen and oxygen atoms in total. The van der Waals surface area contributed by atoms with Crippen LogP contribution in [0.4, 0.5) is 0 Å². The normalized spacial score (nSPS) is 18.4. The first-order valence-corrected chi connectivity index (χ1v) is 8.98. The van der Waals surface area contributed by atoms with Crippen LogP contribution in [0, 0.1) is 0 Å². The Morgan fingerprint density at radius 1 is 1.04 bits per heavy atom. The summed E-state index contributed by atoms with van der Waals surface area (Å²) >= 11 is 0. The van der Waals surface area contributed by atoms with E-state index in [9.17, 15) is 0 Å². The Bertz CT molecular complexity index is 782. The number of rotatable bonds is 2. The first-order valence-electron chi connectivity index (χ1n) is 8.98. The zero-order valence-electron chi connectivity index (χ0n) is 14.9. The van der Waals surface area contributed by atoms with E-state index < -0.39 is 0 Å². The Morgan fingerprint density at radius 3 is 2.56 bits per heavy atom. The molecule has 0 bridgehead atoms. The Hall–Kier alpha value is -1.56. The van der Waals surface area contributed by atoms with Crippen LogP contribution in [0.3, 0.4) is 0 Å². The maximum absolute atomic E-state index is 4.55. The average molecular weight is 447 g/mol. The smallest absolute Gasteiger partial charge is 0.192 e. The summed E-state index contributed by atoms with van der Waals surface area (Å²) in [5.74, 6) is 1.49. The number of fused-ring (bicyclic) bond motifs is 2. The summed E-state index contributed by atoms with van der Waals surface area (Å²) in [5.41, 5.74) is 7.10. The van der Waals surface area contributed by atoms with Crippen LogP contribution in [0.15, 0.2) is 47.5 Å². The highest BCUT2D eigenvalue weighted by Crippen LogP contribution is 2.34. The summed E-state index contributed by atoms with van der Waals surface area (Å²) in [6.45, 7) is 6.31. The molecule has 4 heteroatoms. The standard InChI is InChI=1S/C21H25N3.HI/c1-14(2)16-9-10-19-17(13-16)8-7-15-5-3-4-6-18(15)20(19)24-21-22-11-12-23-21;/h3-6,9-10,13-14,20H,7-8,11-12H2,1-2H3,(H2,22,23,24);1H. The molecule has 1 atom stereocenters. The number of hydrogen-bond donors (Lipinski definition) is 2. The molecule has 1 unspecified atom stereocenters. The van der Waals surface area contributed by atoms with E-state index in [-0.39, 0.29) is 30.0 Å². The van der Waals surface area contributed by atoms with Crippen LogP contribution >= 0.6 is 24.0 Å². The van der Waals surface area contributed by atoms with Gasteiger partial charge in [-0.2, -0.15) is 0 Å². The fourth-order valence-corrected chi connectivity index (χ4v) is 3.75. The van der Waals surface area contributed by atoms with Crippen molar-refractivity contribution in [2.45, 2.75) is 38.6 Å². The van der Waals surface area contributed by atoms with Crippen LogP contribution in [0.1, 0.15) is 53.6 Å². The molecule has 1 aliphatic carbocycles. The Balaban J connectivity index is 0.00000182. The van der Waals surface area contributed by atoms with E-state index in [0.717, 1.165) is 31.9 Å². The molecule has 1 aliphatic heterocycles. The summed E-state index contributed by atoms with van der Waals surface area (Å²) in [5, 5.41) is 7.01. The highest BCUT2D eigenvalue weighted by molar-refractivity contribution is 14.0. The van der Waals surface area contributed by atoms with E-state index >= 15 is 0 Å². The van der Waals surface area contributed by atoms with Crippen LogP contribution in [0.5, 0.6) is 0 Å². The van der Waals surface area contributed by atoms with Gasteiger partial charge >= 0.3 is 0 Å². The summed E-state index contributed by atoms with van der Waals surface area (Å²) in [7, 11) is 0. The summed E-state index contributed by atoms with van der Waals surface area (Å²) in [6, 6.07) is 16.0. The van der Waals surface area contributed by atoms with Crippen molar-refractivity contribution in [1.29, 1.82) is 0 Å². The molecule has 0 saturated carbocycles. The van der Waals surface area contributed by atoms with Crippen molar-refractivity contribution in [3.63, 3.8) is 0 Å². The van der Waals surface area contributed by atoms with Crippen LogP contribution in [0.25, 0.3) is 0 Å². The molecule has 2 aromatic rings. The van der Waals surface area contributed by atoms with Gasteiger partial charge in [-0.3, -0.25) is 4.99 Å². The van der Waals surface area contributed by atoms with Crippen LogP contribution in [-0.4, -0.2) is 19.0 Å². The molecule has 0 amide bonds. The molecule has 0 saturated heterocycles. The second-order valence-corrected chi connectivity index (χ2v) is 7.05. The van der Waals surface area contributed by atoms with Gasteiger partial charge in [0.05, 0.1) is 12.6 Å². The molecule has 2 N–H and O–H groups in total. The molecule has 0 radical (unpaired) electrons. The molecule has 0 aromatic heterocycles. The van der Waals surface area contributed by atoms with Crippen molar-refractivity contribution in [3.8, 4) is 0 Å². The van der Waals surface area contributed by atoms with Crippen LogP contribution in [-0.2, 0) is 12.8 Å². The Morgan fingerprint density at radius 2 is 1.80 bits per heavy atom. The number of nitrogens with zero attached hydrogens (tertiary/aromatic N) is 1. The third-order valence-electron chi connectivity index (χ3n) is 5.13. The molecule has 2 aromatic carbocycles. The number of hydrogen-bond acceptors (Lipinski definition) is 3. The molecule has 132 valence electrons. The van der Waals surface area contributed by atoms with Gasteiger partial charge in [0.25, 0.3) is 0 Å². The third-order valence-corrected chi connectivity index (χ3v) is 5.13. The number of aliphatic imine (C=N–C) groups is 1. The van der Waals surface area contributed by atoms with Gasteiger partial charge in [0.15, 0.2) is 5.96 Å². The van der Waals surface area contributed by atoms with Crippen molar-refractivity contribution in [1.82, 2.24) is 10.6 Å². The summed E-state index contributed by atoms with van der Waals surface area (Å²) in [6.07, 6.45) is 2.20. The summed E-state index contributed by atoms with van der Waals surface area (Å²) < 4.78 is 0. The van der Waals surface area contributed by atoms with E-state index in [1.54, 1.807) is 0 Å². The van der Waals surface area contributed by atoms with Crippen molar-refractivity contribution < 1.29 is 0 Å². The SMILES string of the molecule is CC(C)c1ccc2c(c1)CCc1ccccc1C2NC1=NCCN1.I. The highest BCUT2D eigenvalue weighted by atomic mass is 127. The fraction of sp³-hybridized carbons (Fsp3) is 0.381. The molecule has 4 rings (SSSR count). The van der Waals surface area contributed by atoms with Crippen molar-refractivity contribution in [3.05, 3.63) is 70.3 Å². The first-order chi connectivity index (χ1) is 11.7. The lowest BCUT2D eigenvalue weighted by molar-refractivity contribution is 0.737. The van der Waals surface area contributed by atoms with Crippen LogP contribution < -0.4 is 10.6 Å². The minimum absolute atomic E-state index is 0. The number of nitrogens with one attached hydrogen (secondary N) is 2. The largest absolute Gasteiger partial charge is 0.355 e. The third kappa shape index (κ3) is 3.68. The van der Waals surface area contributed by atoms with E-state index in [2.05, 4.69) is 71.9 Å². The number of halogens is 1. The lowest BCUT2D eigenvalue weighted by Crippen LogP contribution is -2.37. The van der Waals surface area contributed by atoms with E-state index in [0.29, 0.717) is 5.92 Å². The minimum atomic E-state index is 0. The van der Waals surface area contributed by atoms with E-state index in [1.165, 1.54) is 27.8 Å². The zero-order chi connectivity index (χ0) is 16.5. The van der Waals surface area contributed by atoms with Crippen LogP contribution in [0.2, 0.25) is 0 Å². The highest BCUT2D eigenvalue weighted by Gasteiger charge is 2.25. The van der Waals surface area contributed by atoms with Gasteiger partial charge in [-0.15, -0.1) is 24.0 Å². The van der Waals surface area contributed by atoms with Gasteiger partial charge in [-0.05, 0) is 46.6 Å². The van der Waals surface area contributed by atoms with Crippen molar-refractivity contribution >= 4 is 29.9 Å². The van der Waals surface area contributed by atoms with E-state index in [1.807, 2.05) is 0 Å². The quantitative estimate of drug-likeness (QED) is 0.679. The predicted octanol–water partition coefficient (Wildman–Crippen LogP) is 4.16. The maximum Gasteiger partial charge on any atom is 0.192 e. The Kier molecular flexibility index (Phi) is 5.67. The topological polar surface area (TPSA) is 36.4 Å². The first kappa shape index (κ1) is 18.2. The van der Waals surface area contributed by atoms with Gasteiger partial charge in [0.1, 0.15) is 0 Å². The van der Waals surface area contributed by atoms with Gasteiger partial charge in [-0.1, -0.05) is 56.3 Å². The molecule has 1 heterocycles. The molecule has 2 aliphatic rings. The maximum atomic E-state index is 4.55. The summed E-state index contributed by atoms with van der Waals surface area (Å²) in [4.78, 5) is 4.55. The molecule has 25 heavy (non-hydrogen) atoms. The average Bonchev–Trinajstić information content (AvgIpc) is 3.06. The predicted molar refractivity (Wildman–Crippen MR) is 115 cm³/mol. The molecular formula is C21H26IN3. The van der Waals surface area contributed by atoms with E-state index in [4.69, 9.17) is 0 Å². The number of aryl methyl sites for hydroxylation is 2. The molecule has 0 spiro atoms. The number of benzene rings is 2. The van der Waals surface area contributed by atoms with Gasteiger partial charge in [-0.25, -0.2) is 0 Å². The van der Waals surface area contributed by atoms with Gasteiger partial charge < -0.3 is 10.6 Å².